The van der Waals surface area contributed by atoms with Crippen LogP contribution in [0.5, 0.6) is 0 Å². The summed E-state index contributed by atoms with van der Waals surface area (Å²) >= 11 is 0. The van der Waals surface area contributed by atoms with Crippen LogP contribution in [-0.4, -0.2) is 29.4 Å². The van der Waals surface area contributed by atoms with Crippen LogP contribution in [0.1, 0.15) is 64.2 Å². The lowest BCUT2D eigenvalue weighted by Gasteiger charge is -2.42. The highest BCUT2D eigenvalue weighted by molar-refractivity contribution is 6.02. The normalized spacial score (nSPS) is 26.4. The average Bonchev–Trinajstić information content (AvgIpc) is 2.80. The third-order valence-corrected chi connectivity index (χ3v) is 5.45. The molecule has 4 heteroatoms. The van der Waals surface area contributed by atoms with Gasteiger partial charge < -0.3 is 4.90 Å². The van der Waals surface area contributed by atoms with Crippen molar-refractivity contribution in [1.82, 2.24) is 10.2 Å². The highest BCUT2D eigenvalue weighted by Gasteiger charge is 2.41. The Hall–Kier alpha value is -1.06. The molecule has 1 heterocycles. The Morgan fingerprint density at radius 3 is 1.75 bits per heavy atom. The van der Waals surface area contributed by atoms with Crippen LogP contribution in [0.15, 0.2) is 0 Å². The molecular formula is C16H26N2O2. The molecule has 2 aliphatic carbocycles. The van der Waals surface area contributed by atoms with E-state index in [2.05, 4.69) is 5.32 Å². The van der Waals surface area contributed by atoms with Crippen LogP contribution in [0.2, 0.25) is 0 Å². The zero-order chi connectivity index (χ0) is 13.9. The van der Waals surface area contributed by atoms with Crippen LogP contribution in [0.25, 0.3) is 0 Å². The molecule has 0 aromatic rings. The first-order chi connectivity index (χ1) is 9.75. The molecule has 0 bridgehead atoms. The van der Waals surface area contributed by atoms with E-state index in [1.165, 1.54) is 64.2 Å². The summed E-state index contributed by atoms with van der Waals surface area (Å²) in [4.78, 5) is 25.5. The second-order valence-electron chi connectivity index (χ2n) is 6.77. The van der Waals surface area contributed by atoms with Gasteiger partial charge >= 0.3 is 6.03 Å². The molecule has 1 aliphatic heterocycles. The zero-order valence-electron chi connectivity index (χ0n) is 12.3. The van der Waals surface area contributed by atoms with Crippen LogP contribution in [0, 0.1) is 11.8 Å². The number of amides is 3. The molecule has 0 atom stereocenters. The minimum absolute atomic E-state index is 0.119. The maximum atomic E-state index is 12.1. The smallest absolute Gasteiger partial charge is 0.312 e. The molecule has 1 saturated heterocycles. The second-order valence-corrected chi connectivity index (χ2v) is 6.77. The fourth-order valence-electron chi connectivity index (χ4n) is 4.54. The Morgan fingerprint density at radius 2 is 1.35 bits per heavy atom. The van der Waals surface area contributed by atoms with Gasteiger partial charge in [0, 0.05) is 6.04 Å². The van der Waals surface area contributed by atoms with E-state index in [9.17, 15) is 9.59 Å². The van der Waals surface area contributed by atoms with Crippen molar-refractivity contribution in [2.75, 3.05) is 6.54 Å². The van der Waals surface area contributed by atoms with E-state index in [4.69, 9.17) is 0 Å². The molecule has 0 aromatic heterocycles. The number of carbonyl (C=O) groups excluding carboxylic acids is 2. The molecule has 3 rings (SSSR count). The summed E-state index contributed by atoms with van der Waals surface area (Å²) in [5, 5.41) is 2.47. The lowest BCUT2D eigenvalue weighted by atomic mass is 9.73. The minimum Gasteiger partial charge on any atom is -0.312 e. The van der Waals surface area contributed by atoms with Crippen molar-refractivity contribution in [2.45, 2.75) is 70.3 Å². The standard InChI is InChI=1S/C16H26N2O2/c19-14-11-18(16(20)17-14)15(12-7-3-1-4-8-12)13-9-5-2-6-10-13/h12-13,15H,1-11H2,(H,17,19,20). The molecule has 1 N–H and O–H groups in total. The maximum Gasteiger partial charge on any atom is 0.324 e. The van der Waals surface area contributed by atoms with Crippen LogP contribution < -0.4 is 5.32 Å². The Balaban J connectivity index is 1.78. The quantitative estimate of drug-likeness (QED) is 0.807. The van der Waals surface area contributed by atoms with E-state index < -0.39 is 0 Å². The number of hydrogen-bond donors (Lipinski definition) is 1. The van der Waals surface area contributed by atoms with Gasteiger partial charge in [0.05, 0.1) is 0 Å². The summed E-state index contributed by atoms with van der Waals surface area (Å²) in [5.41, 5.74) is 0. The second kappa shape index (κ2) is 6.15. The Bertz CT molecular complexity index is 353. The van der Waals surface area contributed by atoms with Crippen molar-refractivity contribution >= 4 is 11.9 Å². The number of imide groups is 1. The van der Waals surface area contributed by atoms with Crippen molar-refractivity contribution in [1.29, 1.82) is 0 Å². The van der Waals surface area contributed by atoms with Crippen molar-refractivity contribution in [3.05, 3.63) is 0 Å². The molecule has 20 heavy (non-hydrogen) atoms. The van der Waals surface area contributed by atoms with Gasteiger partial charge in [0.25, 0.3) is 0 Å². The van der Waals surface area contributed by atoms with Crippen molar-refractivity contribution in [3.8, 4) is 0 Å². The number of nitrogens with one attached hydrogen (secondary N) is 1. The molecule has 0 radical (unpaired) electrons. The fraction of sp³-hybridized carbons (Fsp3) is 0.875. The van der Waals surface area contributed by atoms with E-state index >= 15 is 0 Å². The third kappa shape index (κ3) is 2.84. The van der Waals surface area contributed by atoms with E-state index in [0.29, 0.717) is 17.9 Å². The van der Waals surface area contributed by atoms with Gasteiger partial charge in [-0.05, 0) is 37.5 Å². The summed E-state index contributed by atoms with van der Waals surface area (Å²) in [6.45, 7) is 0.288. The van der Waals surface area contributed by atoms with E-state index in [0.717, 1.165) is 0 Å². The maximum absolute atomic E-state index is 12.1. The van der Waals surface area contributed by atoms with E-state index in [1.54, 1.807) is 0 Å². The molecule has 4 nitrogen and oxygen atoms in total. The predicted octanol–water partition coefficient (Wildman–Crippen LogP) is 3.07. The Kier molecular flexibility index (Phi) is 4.27. The van der Waals surface area contributed by atoms with Gasteiger partial charge in [-0.3, -0.25) is 10.1 Å². The van der Waals surface area contributed by atoms with Gasteiger partial charge in [-0.25, -0.2) is 4.79 Å². The van der Waals surface area contributed by atoms with E-state index in [1.807, 2.05) is 4.90 Å². The first kappa shape index (κ1) is 13.9. The van der Waals surface area contributed by atoms with Gasteiger partial charge in [-0.15, -0.1) is 0 Å². The molecule has 3 amide bonds. The van der Waals surface area contributed by atoms with Crippen molar-refractivity contribution in [3.63, 3.8) is 0 Å². The number of urea groups is 1. The van der Waals surface area contributed by atoms with Crippen LogP contribution in [-0.2, 0) is 4.79 Å². The van der Waals surface area contributed by atoms with Crippen molar-refractivity contribution < 1.29 is 9.59 Å². The minimum atomic E-state index is -0.142. The van der Waals surface area contributed by atoms with Crippen LogP contribution in [0.4, 0.5) is 4.79 Å². The van der Waals surface area contributed by atoms with Gasteiger partial charge in [0.15, 0.2) is 0 Å². The van der Waals surface area contributed by atoms with Crippen LogP contribution >= 0.6 is 0 Å². The van der Waals surface area contributed by atoms with Crippen molar-refractivity contribution in [2.24, 2.45) is 11.8 Å². The lowest BCUT2D eigenvalue weighted by Crippen LogP contribution is -2.48. The molecule has 2 saturated carbocycles. The molecule has 3 aliphatic rings. The number of carbonyl (C=O) groups is 2. The SMILES string of the molecule is O=C1CN(C(C2CCCCC2)C2CCCCC2)C(=O)N1. The summed E-state index contributed by atoms with van der Waals surface area (Å²) in [6.07, 6.45) is 12.8. The first-order valence-corrected chi connectivity index (χ1v) is 8.36. The largest absolute Gasteiger partial charge is 0.324 e. The lowest BCUT2D eigenvalue weighted by molar-refractivity contribution is -0.118. The Labute approximate surface area is 121 Å². The molecule has 0 unspecified atom stereocenters. The molecule has 3 fully saturated rings. The fourth-order valence-corrected chi connectivity index (χ4v) is 4.54. The Morgan fingerprint density at radius 1 is 0.850 bits per heavy atom. The predicted molar refractivity (Wildman–Crippen MR) is 77.2 cm³/mol. The third-order valence-electron chi connectivity index (χ3n) is 5.45. The van der Waals surface area contributed by atoms with E-state index in [-0.39, 0.29) is 18.5 Å². The number of hydrogen-bond acceptors (Lipinski definition) is 2. The highest BCUT2D eigenvalue weighted by atomic mass is 16.2. The monoisotopic (exact) mass is 278 g/mol. The van der Waals surface area contributed by atoms with Crippen LogP contribution in [0.3, 0.4) is 0 Å². The summed E-state index contributed by atoms with van der Waals surface area (Å²) in [7, 11) is 0. The summed E-state index contributed by atoms with van der Waals surface area (Å²) in [5.74, 6) is 1.11. The van der Waals surface area contributed by atoms with Gasteiger partial charge in [-0.2, -0.15) is 0 Å². The molecule has 0 aromatic carbocycles. The number of rotatable bonds is 3. The number of nitrogens with zero attached hydrogens (tertiary/aromatic N) is 1. The average molecular weight is 278 g/mol. The van der Waals surface area contributed by atoms with Gasteiger partial charge in [0.1, 0.15) is 6.54 Å². The molecule has 0 spiro atoms. The molecular weight excluding hydrogens is 252 g/mol. The van der Waals surface area contributed by atoms with Gasteiger partial charge in [-0.1, -0.05) is 38.5 Å². The molecule has 112 valence electrons. The topological polar surface area (TPSA) is 49.4 Å². The first-order valence-electron chi connectivity index (χ1n) is 8.36. The highest BCUT2D eigenvalue weighted by Crippen LogP contribution is 2.38. The summed E-state index contributed by atoms with van der Waals surface area (Å²) in [6, 6.07) is 0.165. The summed E-state index contributed by atoms with van der Waals surface area (Å²) < 4.78 is 0. The zero-order valence-corrected chi connectivity index (χ0v) is 12.3. The van der Waals surface area contributed by atoms with Gasteiger partial charge in [0.2, 0.25) is 5.91 Å².